The van der Waals surface area contributed by atoms with Gasteiger partial charge in [-0.3, -0.25) is 19.7 Å². The molecule has 0 bridgehead atoms. The van der Waals surface area contributed by atoms with Gasteiger partial charge in [-0.1, -0.05) is 0 Å². The molecule has 0 saturated heterocycles. The largest absolute Gasteiger partial charge is 0.493 e. The van der Waals surface area contributed by atoms with Gasteiger partial charge in [0.2, 0.25) is 0 Å². The highest BCUT2D eigenvalue weighted by molar-refractivity contribution is 7.14. The van der Waals surface area contributed by atoms with Crippen LogP contribution in [0.4, 0.5) is 22.5 Å². The zero-order valence-electron chi connectivity index (χ0n) is 22.7. The number of amides is 2. The first-order valence-electron chi connectivity index (χ1n) is 13.0. The Bertz CT molecular complexity index is 1640. The van der Waals surface area contributed by atoms with E-state index in [1.165, 1.54) is 11.3 Å². The minimum atomic E-state index is -0.981. The van der Waals surface area contributed by atoms with Gasteiger partial charge in [0.1, 0.15) is 11.6 Å². The Morgan fingerprint density at radius 1 is 1.15 bits per heavy atom. The fraction of sp³-hybridized carbons (Fsp3) is 0.241. The van der Waals surface area contributed by atoms with Crippen molar-refractivity contribution in [3.05, 3.63) is 82.1 Å². The number of benzene rings is 1. The molecule has 0 unspecified atom stereocenters. The van der Waals surface area contributed by atoms with Crippen LogP contribution in [-0.2, 0) is 17.6 Å². The van der Waals surface area contributed by atoms with Crippen molar-refractivity contribution in [2.24, 2.45) is 0 Å². The third kappa shape index (κ3) is 5.87. The van der Waals surface area contributed by atoms with E-state index in [2.05, 4.69) is 20.3 Å². The third-order valence-electron chi connectivity index (χ3n) is 6.60. The number of aromatic nitrogens is 3. The number of hydrogen-bond acceptors (Lipinski definition) is 9. The monoisotopic (exact) mass is 572 g/mol. The summed E-state index contributed by atoms with van der Waals surface area (Å²) in [4.78, 5) is 53.7. The molecule has 1 aliphatic rings. The second kappa shape index (κ2) is 11.7. The van der Waals surface area contributed by atoms with Crippen LogP contribution >= 0.6 is 11.3 Å². The molecule has 3 aromatic heterocycles. The first-order valence-corrected chi connectivity index (χ1v) is 13.8. The summed E-state index contributed by atoms with van der Waals surface area (Å²) >= 11 is 1.17. The number of nitrogens with one attached hydrogen (secondary N) is 1. The minimum absolute atomic E-state index is 0.152. The molecule has 210 valence electrons. The molecule has 2 N–H and O–H groups in total. The number of ether oxygens (including phenoxy) is 1. The number of anilines is 4. The number of nitrogens with zero attached hydrogens (tertiary/aromatic N) is 5. The van der Waals surface area contributed by atoms with Crippen LogP contribution in [0.1, 0.15) is 44.5 Å². The number of hydrogen-bond donors (Lipinski definition) is 2. The number of pyridine rings is 2. The summed E-state index contributed by atoms with van der Waals surface area (Å²) in [7, 11) is 1.74. The van der Waals surface area contributed by atoms with Crippen LogP contribution < -0.4 is 19.9 Å². The molecule has 11 nitrogen and oxygen atoms in total. The Morgan fingerprint density at radius 3 is 2.73 bits per heavy atom. The molecule has 1 aliphatic heterocycles. The van der Waals surface area contributed by atoms with Crippen molar-refractivity contribution in [2.45, 2.75) is 26.7 Å². The summed E-state index contributed by atoms with van der Waals surface area (Å²) in [6, 6.07) is 10.7. The number of rotatable bonds is 9. The number of carbonyl (C=O) groups excluding carboxylic acids is 2. The highest BCUT2D eigenvalue weighted by Crippen LogP contribution is 2.37. The highest BCUT2D eigenvalue weighted by Gasteiger charge is 2.30. The molecule has 0 atom stereocenters. The Hall–Kier alpha value is -4.84. The van der Waals surface area contributed by atoms with E-state index in [0.717, 1.165) is 16.8 Å². The number of fused-ring (bicyclic) bond motifs is 2. The number of carboxylic acids is 1. The van der Waals surface area contributed by atoms with E-state index in [4.69, 9.17) is 9.84 Å². The van der Waals surface area contributed by atoms with Gasteiger partial charge in [-0.05, 0) is 61.4 Å². The van der Waals surface area contributed by atoms with Gasteiger partial charge in [-0.15, -0.1) is 11.3 Å². The average molecular weight is 573 g/mol. The van der Waals surface area contributed by atoms with Gasteiger partial charge in [0.25, 0.3) is 11.8 Å². The molecule has 0 saturated carbocycles. The van der Waals surface area contributed by atoms with Crippen molar-refractivity contribution in [3.8, 4) is 5.75 Å². The van der Waals surface area contributed by atoms with E-state index < -0.39 is 5.97 Å². The van der Waals surface area contributed by atoms with E-state index in [1.54, 1.807) is 47.9 Å². The van der Waals surface area contributed by atoms with Gasteiger partial charge >= 0.3 is 5.97 Å². The van der Waals surface area contributed by atoms with Gasteiger partial charge < -0.3 is 19.6 Å². The molecule has 0 aliphatic carbocycles. The summed E-state index contributed by atoms with van der Waals surface area (Å²) in [6.07, 6.45) is 3.79. The zero-order chi connectivity index (χ0) is 29.1. The summed E-state index contributed by atoms with van der Waals surface area (Å²) in [5.74, 6) is 0.422. The number of aliphatic carboxylic acids is 1. The smallest absolute Gasteiger partial charge is 0.309 e. The van der Waals surface area contributed by atoms with Crippen molar-refractivity contribution in [1.82, 2.24) is 15.0 Å². The van der Waals surface area contributed by atoms with E-state index in [-0.39, 0.29) is 18.2 Å². The zero-order valence-corrected chi connectivity index (χ0v) is 23.6. The second-order valence-corrected chi connectivity index (χ2v) is 10.3. The van der Waals surface area contributed by atoms with Crippen LogP contribution in [0, 0.1) is 6.92 Å². The lowest BCUT2D eigenvalue weighted by molar-refractivity contribution is -0.136. The second-order valence-electron chi connectivity index (χ2n) is 9.42. The summed E-state index contributed by atoms with van der Waals surface area (Å²) in [5.41, 5.74) is 3.70. The van der Waals surface area contributed by atoms with Crippen LogP contribution in [0.25, 0.3) is 0 Å². The molecule has 41 heavy (non-hydrogen) atoms. The molecular formula is C29H28N6O5S. The van der Waals surface area contributed by atoms with Crippen molar-refractivity contribution >= 4 is 51.6 Å². The molecule has 12 heteroatoms. The first-order chi connectivity index (χ1) is 19.7. The lowest BCUT2D eigenvalue weighted by Crippen LogP contribution is -2.25. The predicted octanol–water partition coefficient (Wildman–Crippen LogP) is 4.49. The predicted molar refractivity (Wildman–Crippen MR) is 156 cm³/mol. The van der Waals surface area contributed by atoms with Gasteiger partial charge in [0.05, 0.1) is 30.0 Å². The van der Waals surface area contributed by atoms with E-state index in [1.807, 2.05) is 36.9 Å². The summed E-state index contributed by atoms with van der Waals surface area (Å²) in [5, 5.41) is 13.5. The molecular weight excluding hydrogens is 544 g/mol. The fourth-order valence-electron chi connectivity index (χ4n) is 4.56. The normalized spacial score (nSPS) is 12.4. The fourth-order valence-corrected chi connectivity index (χ4v) is 5.26. The van der Waals surface area contributed by atoms with Gasteiger partial charge in [0, 0.05) is 43.4 Å². The van der Waals surface area contributed by atoms with Crippen molar-refractivity contribution in [2.75, 3.05) is 35.3 Å². The first kappa shape index (κ1) is 27.7. The molecule has 4 heterocycles. The highest BCUT2D eigenvalue weighted by atomic mass is 32.1. The van der Waals surface area contributed by atoms with Crippen LogP contribution in [0.15, 0.2) is 54.2 Å². The quantitative estimate of drug-likeness (QED) is 0.297. The van der Waals surface area contributed by atoms with Crippen molar-refractivity contribution in [1.29, 1.82) is 0 Å². The molecule has 0 spiro atoms. The molecule has 4 aromatic rings. The minimum Gasteiger partial charge on any atom is -0.493 e. The summed E-state index contributed by atoms with van der Waals surface area (Å²) < 4.78 is 6.00. The maximum absolute atomic E-state index is 13.3. The van der Waals surface area contributed by atoms with E-state index in [9.17, 15) is 14.4 Å². The molecule has 0 fully saturated rings. The Labute approximate surface area is 240 Å². The maximum Gasteiger partial charge on any atom is 0.309 e. The van der Waals surface area contributed by atoms with E-state index >= 15 is 0 Å². The van der Waals surface area contributed by atoms with Gasteiger partial charge in [-0.25, -0.2) is 15.0 Å². The molecule has 0 radical (unpaired) electrons. The Kier molecular flexibility index (Phi) is 7.92. The van der Waals surface area contributed by atoms with Crippen molar-refractivity contribution < 1.29 is 24.2 Å². The molecule has 5 rings (SSSR count). The number of carboxylic acid groups (broad SMARTS) is 1. The third-order valence-corrected chi connectivity index (χ3v) is 7.41. The van der Waals surface area contributed by atoms with Crippen molar-refractivity contribution in [3.63, 3.8) is 0 Å². The van der Waals surface area contributed by atoms with E-state index in [0.29, 0.717) is 58.9 Å². The maximum atomic E-state index is 13.3. The topological polar surface area (TPSA) is 138 Å². The van der Waals surface area contributed by atoms with Crippen LogP contribution in [0.2, 0.25) is 0 Å². The van der Waals surface area contributed by atoms with Crippen LogP contribution in [-0.4, -0.2) is 58.0 Å². The van der Waals surface area contributed by atoms with Gasteiger partial charge in [-0.2, -0.15) is 0 Å². The standard InChI is InChI=1S/C29H28N6O5S/c1-4-35-25-21(28(39)34(3)22-6-5-10-30-26(22)35)13-18(15-31-25)9-11-40-23-8-7-19(12-17(23)2)27(38)33-29-32-20(16-41-29)14-24(36)37/h5-8,10,12-13,15-16H,4,9,11,14H2,1-3H3,(H,36,37)(H,32,33,38). The lowest BCUT2D eigenvalue weighted by atomic mass is 10.1. The van der Waals surface area contributed by atoms with Crippen LogP contribution in [0.3, 0.4) is 0 Å². The summed E-state index contributed by atoms with van der Waals surface area (Å²) in [6.45, 7) is 4.80. The SMILES string of the molecule is CCN1c2ncc(CCOc3ccc(C(=O)Nc4nc(CC(=O)O)cs4)cc3C)cc2C(=O)N(C)c2cccnc21. The Balaban J connectivity index is 1.24. The number of carbonyl (C=O) groups is 3. The number of thiazole rings is 1. The average Bonchev–Trinajstić information content (AvgIpc) is 3.36. The number of aryl methyl sites for hydroxylation is 1. The van der Waals surface area contributed by atoms with Gasteiger partial charge in [0.15, 0.2) is 10.9 Å². The Morgan fingerprint density at radius 2 is 1.98 bits per heavy atom. The molecule has 2 amide bonds. The van der Waals surface area contributed by atoms with Crippen LogP contribution in [0.5, 0.6) is 5.75 Å². The molecule has 1 aromatic carbocycles. The lowest BCUT2D eigenvalue weighted by Gasteiger charge is -2.22.